The van der Waals surface area contributed by atoms with Gasteiger partial charge < -0.3 is 10.1 Å². The average molecular weight is 340 g/mol. The van der Waals surface area contributed by atoms with Crippen LogP contribution in [0.3, 0.4) is 0 Å². The summed E-state index contributed by atoms with van der Waals surface area (Å²) in [4.78, 5) is 12.1. The maximum atomic E-state index is 12.3. The first-order valence-electron chi connectivity index (χ1n) is 7.92. The van der Waals surface area contributed by atoms with Crippen LogP contribution in [-0.4, -0.2) is 44.1 Å². The Kier molecular flexibility index (Phi) is 6.01. The van der Waals surface area contributed by atoms with Crippen molar-refractivity contribution in [2.75, 3.05) is 30.8 Å². The van der Waals surface area contributed by atoms with Gasteiger partial charge in [-0.2, -0.15) is 0 Å². The van der Waals surface area contributed by atoms with E-state index in [9.17, 15) is 13.2 Å². The molecule has 6 nitrogen and oxygen atoms in total. The fraction of sp³-hybridized carbons (Fsp3) is 0.562. The first-order chi connectivity index (χ1) is 10.9. The maximum Gasteiger partial charge on any atom is 0.241 e. The summed E-state index contributed by atoms with van der Waals surface area (Å²) in [6.07, 6.45) is 1.68. The fourth-order valence-corrected chi connectivity index (χ4v) is 3.91. The highest BCUT2D eigenvalue weighted by atomic mass is 32.2. The van der Waals surface area contributed by atoms with Gasteiger partial charge in [0, 0.05) is 13.1 Å². The van der Waals surface area contributed by atoms with Crippen LogP contribution >= 0.6 is 0 Å². The second-order valence-electron chi connectivity index (χ2n) is 5.82. The van der Waals surface area contributed by atoms with Gasteiger partial charge in [-0.3, -0.25) is 4.79 Å². The van der Waals surface area contributed by atoms with Crippen molar-refractivity contribution < 1.29 is 17.9 Å². The molecule has 1 aliphatic rings. The zero-order valence-corrected chi connectivity index (χ0v) is 14.4. The van der Waals surface area contributed by atoms with Crippen molar-refractivity contribution in [2.24, 2.45) is 5.92 Å². The number of carbonyl (C=O) groups is 1. The maximum absolute atomic E-state index is 12.3. The van der Waals surface area contributed by atoms with E-state index in [-0.39, 0.29) is 0 Å². The van der Waals surface area contributed by atoms with E-state index in [0.717, 1.165) is 12.8 Å². The highest BCUT2D eigenvalue weighted by molar-refractivity contribution is 7.89. The van der Waals surface area contributed by atoms with Gasteiger partial charge in [0.2, 0.25) is 15.9 Å². The van der Waals surface area contributed by atoms with Crippen LogP contribution in [0.25, 0.3) is 0 Å². The summed E-state index contributed by atoms with van der Waals surface area (Å²) in [7, 11) is -3.57. The van der Waals surface area contributed by atoms with E-state index in [2.05, 4.69) is 12.2 Å². The van der Waals surface area contributed by atoms with Gasteiger partial charge in [-0.25, -0.2) is 12.7 Å². The normalized spacial score (nSPS) is 17.0. The number of rotatable bonds is 6. The molecular weight excluding hydrogens is 316 g/mol. The molecule has 1 saturated heterocycles. The molecule has 1 aromatic carbocycles. The first-order valence-corrected chi connectivity index (χ1v) is 9.52. The lowest BCUT2D eigenvalue weighted by Gasteiger charge is -2.29. The summed E-state index contributed by atoms with van der Waals surface area (Å²) < 4.78 is 31.5. The van der Waals surface area contributed by atoms with Gasteiger partial charge in [0.25, 0.3) is 0 Å². The summed E-state index contributed by atoms with van der Waals surface area (Å²) in [6.45, 7) is 5.41. The molecule has 1 N–H and O–H groups in total. The number of piperidine rings is 1. The number of benzene rings is 1. The van der Waals surface area contributed by atoms with Crippen LogP contribution in [0.5, 0.6) is 5.75 Å². The third-order valence-electron chi connectivity index (χ3n) is 3.91. The van der Waals surface area contributed by atoms with E-state index in [1.54, 1.807) is 24.3 Å². The second kappa shape index (κ2) is 7.79. The summed E-state index contributed by atoms with van der Waals surface area (Å²) in [5, 5.41) is 2.63. The molecule has 0 atom stereocenters. The fourth-order valence-electron chi connectivity index (χ4n) is 2.56. The van der Waals surface area contributed by atoms with Crippen molar-refractivity contribution in [2.45, 2.75) is 26.7 Å². The monoisotopic (exact) mass is 340 g/mol. The average Bonchev–Trinajstić information content (AvgIpc) is 2.49. The largest absolute Gasteiger partial charge is 0.492 e. The van der Waals surface area contributed by atoms with E-state index >= 15 is 0 Å². The minimum absolute atomic E-state index is 0.469. The number of sulfonamides is 1. The SMILES string of the molecule is CCOc1ccccc1NC(=O)CS(=O)(=O)N1CCC(C)CC1. The molecule has 1 aliphatic heterocycles. The predicted molar refractivity (Wildman–Crippen MR) is 90.0 cm³/mol. The molecule has 2 rings (SSSR count). The standard InChI is InChI=1S/C16H24N2O4S/c1-3-22-15-7-5-4-6-14(15)17-16(19)12-23(20,21)18-10-8-13(2)9-11-18/h4-7,13H,3,8-12H2,1-2H3,(H,17,19). The molecule has 128 valence electrons. The van der Waals surface area contributed by atoms with Gasteiger partial charge in [-0.15, -0.1) is 0 Å². The highest BCUT2D eigenvalue weighted by Gasteiger charge is 2.28. The van der Waals surface area contributed by atoms with Crippen molar-refractivity contribution >= 4 is 21.6 Å². The number of amides is 1. The lowest BCUT2D eigenvalue weighted by atomic mass is 10.0. The van der Waals surface area contributed by atoms with Crippen LogP contribution in [0.1, 0.15) is 26.7 Å². The van der Waals surface area contributed by atoms with Gasteiger partial charge in [0.1, 0.15) is 11.5 Å². The van der Waals surface area contributed by atoms with Crippen LogP contribution in [0.15, 0.2) is 24.3 Å². The molecule has 0 aromatic heterocycles. The van der Waals surface area contributed by atoms with Crippen molar-refractivity contribution in [3.8, 4) is 5.75 Å². The molecule has 1 aromatic rings. The van der Waals surface area contributed by atoms with Crippen molar-refractivity contribution in [3.63, 3.8) is 0 Å². The molecule has 0 unspecified atom stereocenters. The van der Waals surface area contributed by atoms with Crippen molar-refractivity contribution in [1.29, 1.82) is 0 Å². The van der Waals surface area contributed by atoms with E-state index in [0.29, 0.717) is 37.1 Å². The molecule has 1 fully saturated rings. The van der Waals surface area contributed by atoms with Crippen LogP contribution in [0.4, 0.5) is 5.69 Å². The van der Waals surface area contributed by atoms with Gasteiger partial charge in [0.05, 0.1) is 12.3 Å². The number of nitrogens with one attached hydrogen (secondary N) is 1. The third kappa shape index (κ3) is 4.94. The van der Waals surface area contributed by atoms with Gasteiger partial charge >= 0.3 is 0 Å². The number of nitrogens with zero attached hydrogens (tertiary/aromatic N) is 1. The minimum atomic E-state index is -3.57. The molecule has 0 radical (unpaired) electrons. The Balaban J connectivity index is 1.99. The van der Waals surface area contributed by atoms with Crippen LogP contribution in [0.2, 0.25) is 0 Å². The zero-order chi connectivity index (χ0) is 16.9. The van der Waals surface area contributed by atoms with Crippen LogP contribution < -0.4 is 10.1 Å². The van der Waals surface area contributed by atoms with E-state index < -0.39 is 21.7 Å². The molecular formula is C16H24N2O4S. The summed E-state index contributed by atoms with van der Waals surface area (Å²) >= 11 is 0. The van der Waals surface area contributed by atoms with Crippen molar-refractivity contribution in [1.82, 2.24) is 4.31 Å². The number of carbonyl (C=O) groups excluding carboxylic acids is 1. The topological polar surface area (TPSA) is 75.7 Å². The number of hydrogen-bond donors (Lipinski definition) is 1. The van der Waals surface area contributed by atoms with E-state index in [4.69, 9.17) is 4.74 Å². The summed E-state index contributed by atoms with van der Waals surface area (Å²) in [5.41, 5.74) is 0.488. The molecule has 0 spiro atoms. The van der Waals surface area contributed by atoms with Crippen molar-refractivity contribution in [3.05, 3.63) is 24.3 Å². The van der Waals surface area contributed by atoms with Gasteiger partial charge in [0.15, 0.2) is 0 Å². The smallest absolute Gasteiger partial charge is 0.241 e. The molecule has 1 heterocycles. The Hall–Kier alpha value is -1.60. The first kappa shape index (κ1) is 17.7. The lowest BCUT2D eigenvalue weighted by molar-refractivity contribution is -0.114. The molecule has 7 heteroatoms. The molecule has 0 saturated carbocycles. The second-order valence-corrected chi connectivity index (χ2v) is 7.78. The van der Waals surface area contributed by atoms with Gasteiger partial charge in [-0.1, -0.05) is 19.1 Å². The zero-order valence-electron chi connectivity index (χ0n) is 13.6. The van der Waals surface area contributed by atoms with E-state index in [1.165, 1.54) is 4.31 Å². The van der Waals surface area contributed by atoms with Crippen LogP contribution in [-0.2, 0) is 14.8 Å². The Bertz CT molecular complexity index is 637. The number of ether oxygens (including phenoxy) is 1. The lowest BCUT2D eigenvalue weighted by Crippen LogP contribution is -2.41. The summed E-state index contributed by atoms with van der Waals surface area (Å²) in [5.74, 6) is -0.0151. The quantitative estimate of drug-likeness (QED) is 0.860. The van der Waals surface area contributed by atoms with E-state index in [1.807, 2.05) is 6.92 Å². The predicted octanol–water partition coefficient (Wildman–Crippen LogP) is 2.09. The molecule has 23 heavy (non-hydrogen) atoms. The Morgan fingerprint density at radius 2 is 1.96 bits per heavy atom. The highest BCUT2D eigenvalue weighted by Crippen LogP contribution is 2.24. The number of hydrogen-bond acceptors (Lipinski definition) is 4. The van der Waals surface area contributed by atoms with Crippen LogP contribution in [0, 0.1) is 5.92 Å². The Morgan fingerprint density at radius 1 is 1.30 bits per heavy atom. The molecule has 1 amide bonds. The number of anilines is 1. The minimum Gasteiger partial charge on any atom is -0.492 e. The van der Waals surface area contributed by atoms with Gasteiger partial charge in [-0.05, 0) is 37.8 Å². The Labute approximate surface area is 137 Å². The molecule has 0 aliphatic carbocycles. The Morgan fingerprint density at radius 3 is 2.61 bits per heavy atom. The number of para-hydroxylation sites is 2. The summed E-state index contributed by atoms with van der Waals surface area (Å²) in [6, 6.07) is 6.99. The third-order valence-corrected chi connectivity index (χ3v) is 5.69. The molecule has 0 bridgehead atoms.